The Morgan fingerprint density at radius 3 is 2.50 bits per heavy atom. The van der Waals surface area contributed by atoms with Crippen LogP contribution in [-0.4, -0.2) is 25.7 Å². The van der Waals surface area contributed by atoms with E-state index < -0.39 is 32.4 Å². The number of nitrogens with one attached hydrogen (secondary N) is 1. The van der Waals surface area contributed by atoms with Gasteiger partial charge in [-0.15, -0.1) is 10.2 Å². The molecule has 0 fully saturated rings. The Labute approximate surface area is 131 Å². The molecular formula is C10H7ClF3N3O3S2. The molecule has 0 saturated carbocycles. The molecular weight excluding hydrogens is 367 g/mol. The van der Waals surface area contributed by atoms with Crippen LogP contribution >= 0.6 is 22.9 Å². The minimum absolute atomic E-state index is 0.0112. The van der Waals surface area contributed by atoms with E-state index in [0.29, 0.717) is 12.1 Å². The fourth-order valence-electron chi connectivity index (χ4n) is 1.48. The monoisotopic (exact) mass is 373 g/mol. The summed E-state index contributed by atoms with van der Waals surface area (Å²) in [5, 5.41) is 6.76. The molecule has 0 aliphatic carbocycles. The molecule has 1 N–H and O–H groups in total. The molecule has 22 heavy (non-hydrogen) atoms. The van der Waals surface area contributed by atoms with Crippen LogP contribution in [-0.2, 0) is 16.2 Å². The van der Waals surface area contributed by atoms with Crippen LogP contribution in [0.2, 0.25) is 4.47 Å². The molecule has 0 spiro atoms. The molecule has 0 aliphatic rings. The van der Waals surface area contributed by atoms with E-state index in [9.17, 15) is 21.6 Å². The summed E-state index contributed by atoms with van der Waals surface area (Å²) < 4.78 is 69.0. The van der Waals surface area contributed by atoms with Crippen molar-refractivity contribution in [3.63, 3.8) is 0 Å². The summed E-state index contributed by atoms with van der Waals surface area (Å²) in [6, 6.07) is 2.04. The maximum absolute atomic E-state index is 12.6. The standard InChI is InChI=1S/C10H7ClF3N3O3S2/c1-20-6-4-5(10(12,13)14)2-3-7(6)22(18,19)17-9-16-15-8(11)21-9/h2-4H,1H3,(H,16,17). The SMILES string of the molecule is COc1cc(C(F)(F)F)ccc1S(=O)(=O)Nc1nnc(Cl)s1. The first kappa shape index (κ1) is 16.8. The van der Waals surface area contributed by atoms with Crippen molar-refractivity contribution < 1.29 is 26.3 Å². The third-order valence-corrected chi connectivity index (χ3v) is 4.84. The van der Waals surface area contributed by atoms with Crippen LogP contribution in [0.3, 0.4) is 0 Å². The van der Waals surface area contributed by atoms with Crippen molar-refractivity contribution in [3.05, 3.63) is 28.2 Å². The van der Waals surface area contributed by atoms with Crippen molar-refractivity contribution in [2.45, 2.75) is 11.1 Å². The number of alkyl halides is 3. The first-order valence-corrected chi connectivity index (χ1v) is 8.08. The van der Waals surface area contributed by atoms with Crippen molar-refractivity contribution in [1.29, 1.82) is 0 Å². The molecule has 0 bridgehead atoms. The van der Waals surface area contributed by atoms with E-state index in [2.05, 4.69) is 14.9 Å². The number of anilines is 1. The minimum atomic E-state index is -4.62. The van der Waals surface area contributed by atoms with E-state index in [1.807, 2.05) is 0 Å². The third kappa shape index (κ3) is 3.59. The highest BCUT2D eigenvalue weighted by molar-refractivity contribution is 7.93. The van der Waals surface area contributed by atoms with Crippen LogP contribution < -0.4 is 9.46 Å². The molecule has 0 radical (unpaired) electrons. The summed E-state index contributed by atoms with van der Waals surface area (Å²) in [7, 11) is -3.13. The number of hydrogen-bond acceptors (Lipinski definition) is 6. The van der Waals surface area contributed by atoms with Gasteiger partial charge in [0.25, 0.3) is 10.0 Å². The smallest absolute Gasteiger partial charge is 0.416 e. The largest absolute Gasteiger partial charge is 0.495 e. The molecule has 6 nitrogen and oxygen atoms in total. The fraction of sp³-hybridized carbons (Fsp3) is 0.200. The molecule has 0 aliphatic heterocycles. The summed E-state index contributed by atoms with van der Waals surface area (Å²) in [6.07, 6.45) is -4.62. The molecule has 120 valence electrons. The summed E-state index contributed by atoms with van der Waals surface area (Å²) in [5.74, 6) is -0.446. The molecule has 0 unspecified atom stereocenters. The predicted molar refractivity (Wildman–Crippen MR) is 73.7 cm³/mol. The van der Waals surface area contributed by atoms with Gasteiger partial charge in [-0.05, 0) is 29.8 Å². The number of rotatable bonds is 4. The normalized spacial score (nSPS) is 12.2. The van der Waals surface area contributed by atoms with Gasteiger partial charge in [-0.1, -0.05) is 11.3 Å². The molecule has 1 heterocycles. The van der Waals surface area contributed by atoms with Gasteiger partial charge in [0.1, 0.15) is 10.6 Å². The first-order valence-electron chi connectivity index (χ1n) is 5.40. The van der Waals surface area contributed by atoms with Gasteiger partial charge < -0.3 is 4.74 Å². The second-order valence-corrected chi connectivity index (χ2v) is 7.04. The lowest BCUT2D eigenvalue weighted by Gasteiger charge is -2.13. The lowest BCUT2D eigenvalue weighted by Crippen LogP contribution is -2.15. The average molecular weight is 374 g/mol. The summed E-state index contributed by atoms with van der Waals surface area (Å²) >= 11 is 6.29. The molecule has 0 saturated heterocycles. The van der Waals surface area contributed by atoms with Gasteiger partial charge in [-0.2, -0.15) is 13.2 Å². The van der Waals surface area contributed by atoms with E-state index in [1.54, 1.807) is 0 Å². The number of aromatic nitrogens is 2. The predicted octanol–water partition coefficient (Wildman–Crippen LogP) is 3.02. The fourth-order valence-corrected chi connectivity index (χ4v) is 3.59. The van der Waals surface area contributed by atoms with Crippen LogP contribution in [0.4, 0.5) is 18.3 Å². The van der Waals surface area contributed by atoms with Gasteiger partial charge in [0.2, 0.25) is 9.60 Å². The molecule has 1 aromatic heterocycles. The average Bonchev–Trinajstić information content (AvgIpc) is 2.81. The summed E-state index contributed by atoms with van der Waals surface area (Å²) in [5.41, 5.74) is -1.03. The highest BCUT2D eigenvalue weighted by atomic mass is 35.5. The lowest BCUT2D eigenvalue weighted by molar-refractivity contribution is -0.137. The Hall–Kier alpha value is -1.59. The number of methoxy groups -OCH3 is 1. The summed E-state index contributed by atoms with van der Waals surface area (Å²) in [4.78, 5) is -0.464. The van der Waals surface area contributed by atoms with Gasteiger partial charge in [0, 0.05) is 0 Å². The van der Waals surface area contributed by atoms with Gasteiger partial charge in [0.15, 0.2) is 0 Å². The van der Waals surface area contributed by atoms with Gasteiger partial charge in [-0.25, -0.2) is 8.42 Å². The topological polar surface area (TPSA) is 81.2 Å². The zero-order chi connectivity index (χ0) is 16.5. The van der Waals surface area contributed by atoms with E-state index in [-0.39, 0.29) is 9.60 Å². The Bertz CT molecular complexity index is 792. The Kier molecular flexibility index (Phi) is 4.49. The van der Waals surface area contributed by atoms with E-state index in [1.165, 1.54) is 0 Å². The van der Waals surface area contributed by atoms with Crippen molar-refractivity contribution in [2.75, 3.05) is 11.8 Å². The Morgan fingerprint density at radius 2 is 2.00 bits per heavy atom. The lowest BCUT2D eigenvalue weighted by atomic mass is 10.2. The molecule has 2 aromatic rings. The second-order valence-electron chi connectivity index (χ2n) is 3.83. The number of benzene rings is 1. The van der Waals surface area contributed by atoms with Crippen molar-refractivity contribution in [3.8, 4) is 5.75 Å². The Balaban J connectivity index is 2.42. The minimum Gasteiger partial charge on any atom is -0.495 e. The van der Waals surface area contributed by atoms with Crippen molar-refractivity contribution in [2.24, 2.45) is 0 Å². The highest BCUT2D eigenvalue weighted by Gasteiger charge is 2.33. The van der Waals surface area contributed by atoms with Gasteiger partial charge in [0.05, 0.1) is 12.7 Å². The molecule has 1 aromatic carbocycles. The number of hydrogen-bond donors (Lipinski definition) is 1. The van der Waals surface area contributed by atoms with Gasteiger partial charge in [-0.3, -0.25) is 4.72 Å². The van der Waals surface area contributed by atoms with Crippen LogP contribution in [0.15, 0.2) is 23.1 Å². The van der Waals surface area contributed by atoms with Crippen molar-refractivity contribution in [1.82, 2.24) is 10.2 Å². The quantitative estimate of drug-likeness (QED) is 0.891. The molecule has 0 amide bonds. The number of halogens is 4. The highest BCUT2D eigenvalue weighted by Crippen LogP contribution is 2.35. The third-order valence-electron chi connectivity index (χ3n) is 2.40. The number of sulfonamides is 1. The molecule has 2 rings (SSSR count). The number of nitrogens with zero attached hydrogens (tertiary/aromatic N) is 2. The van der Waals surface area contributed by atoms with Crippen LogP contribution in [0.1, 0.15) is 5.56 Å². The number of ether oxygens (including phenoxy) is 1. The zero-order valence-electron chi connectivity index (χ0n) is 10.7. The summed E-state index contributed by atoms with van der Waals surface area (Å²) in [6.45, 7) is 0. The van der Waals surface area contributed by atoms with E-state index in [0.717, 1.165) is 24.5 Å². The maximum Gasteiger partial charge on any atom is 0.416 e. The Morgan fingerprint density at radius 1 is 1.32 bits per heavy atom. The second kappa shape index (κ2) is 5.89. The zero-order valence-corrected chi connectivity index (χ0v) is 13.1. The molecule has 12 heteroatoms. The van der Waals surface area contributed by atoms with Crippen molar-refractivity contribution >= 4 is 38.1 Å². The van der Waals surface area contributed by atoms with Crippen LogP contribution in [0.25, 0.3) is 0 Å². The maximum atomic E-state index is 12.6. The van der Waals surface area contributed by atoms with Crippen LogP contribution in [0, 0.1) is 0 Å². The van der Waals surface area contributed by atoms with Gasteiger partial charge >= 0.3 is 6.18 Å². The van der Waals surface area contributed by atoms with Crippen LogP contribution in [0.5, 0.6) is 5.75 Å². The van der Waals surface area contributed by atoms with E-state index >= 15 is 0 Å². The first-order chi connectivity index (χ1) is 10.1. The molecule has 0 atom stereocenters. The van der Waals surface area contributed by atoms with E-state index in [4.69, 9.17) is 16.3 Å².